The van der Waals surface area contributed by atoms with Gasteiger partial charge in [-0.05, 0) is 103 Å². The van der Waals surface area contributed by atoms with Crippen molar-refractivity contribution in [3.05, 3.63) is 200 Å². The number of amides is 1. The first kappa shape index (κ1) is 47.5. The summed E-state index contributed by atoms with van der Waals surface area (Å²) in [6.07, 6.45) is 8.48. The molecule has 1 aromatic carbocycles. The Morgan fingerprint density at radius 2 is 0.986 bits per heavy atom. The molecule has 0 aliphatic rings. The first-order valence-corrected chi connectivity index (χ1v) is 22.5. The van der Waals surface area contributed by atoms with Crippen molar-refractivity contribution in [3.8, 4) is 46.2 Å². The van der Waals surface area contributed by atoms with Gasteiger partial charge in [-0.2, -0.15) is 18.2 Å². The fourth-order valence-corrected chi connectivity index (χ4v) is 7.24. The maximum absolute atomic E-state index is 13.5. The number of carbonyl (C=O) groups is 1. The third kappa shape index (κ3) is 11.4. The molecule has 0 saturated heterocycles. The Hall–Kier alpha value is -10.2. The van der Waals surface area contributed by atoms with E-state index in [0.717, 1.165) is 16.7 Å². The number of aromatic nitrogens is 14. The van der Waals surface area contributed by atoms with E-state index in [1.807, 2.05) is 66.7 Å². The fourth-order valence-electron chi connectivity index (χ4n) is 7.07. The highest BCUT2D eigenvalue weighted by molar-refractivity contribution is 6.29. The summed E-state index contributed by atoms with van der Waals surface area (Å²) in [6.45, 7) is 1.41. The maximum atomic E-state index is 13.5. The number of anilines is 5. The van der Waals surface area contributed by atoms with Crippen LogP contribution >= 0.6 is 11.6 Å². The Labute approximate surface area is 421 Å². The van der Waals surface area contributed by atoms with Crippen LogP contribution in [0.2, 0.25) is 5.15 Å². The van der Waals surface area contributed by atoms with E-state index in [-0.39, 0.29) is 11.7 Å². The van der Waals surface area contributed by atoms with Crippen LogP contribution in [0.1, 0.15) is 6.92 Å². The minimum absolute atomic E-state index is 0.213. The molecule has 3 N–H and O–H groups in total. The van der Waals surface area contributed by atoms with E-state index in [0.29, 0.717) is 74.2 Å². The van der Waals surface area contributed by atoms with E-state index in [9.17, 15) is 18.0 Å². The Bertz CT molecular complexity index is 3950. The zero-order valence-corrected chi connectivity index (χ0v) is 39.1. The SMILES string of the molecule is CC(=O)Nc1cc(Nc2nc(-c3cccc(F)n3)nn3cccc23)ccn1.Fc1cccc(-c2nc(Nc3ccnc(Cl)c3)c3cccn3n2)n1.Fc1cccc(-c2nc(Oc3ccccc3)c3cccn3n2)n1. The molecule has 11 aromatic heterocycles. The summed E-state index contributed by atoms with van der Waals surface area (Å²) in [4.78, 5) is 44.1. The molecule has 0 fully saturated rings. The van der Waals surface area contributed by atoms with Gasteiger partial charge in [-0.25, -0.2) is 48.4 Å². The molecule has 0 radical (unpaired) electrons. The lowest BCUT2D eigenvalue weighted by Crippen LogP contribution is -2.08. The van der Waals surface area contributed by atoms with Gasteiger partial charge in [0.15, 0.2) is 11.6 Å². The number of nitrogens with one attached hydrogen (secondary N) is 3. The Balaban J connectivity index is 0.000000127. The van der Waals surface area contributed by atoms with Crippen LogP contribution in [0.3, 0.4) is 0 Å². The Kier molecular flexibility index (Phi) is 13.7. The summed E-state index contributed by atoms with van der Waals surface area (Å²) in [5.74, 6) is 1.42. The number of hydrogen-bond acceptors (Lipinski definition) is 15. The number of carbonyl (C=O) groups excluding carboxylic acids is 1. The smallest absolute Gasteiger partial charge is 0.247 e. The van der Waals surface area contributed by atoms with Crippen LogP contribution in [-0.2, 0) is 4.79 Å². The molecule has 1 amide bonds. The molecule has 12 rings (SSSR count). The van der Waals surface area contributed by atoms with E-state index in [1.54, 1.807) is 105 Å². The summed E-state index contributed by atoms with van der Waals surface area (Å²) < 4.78 is 51.0. The van der Waals surface area contributed by atoms with Gasteiger partial charge < -0.3 is 20.7 Å². The second kappa shape index (κ2) is 21.4. The van der Waals surface area contributed by atoms with Crippen molar-refractivity contribution in [2.45, 2.75) is 6.92 Å². The minimum Gasteiger partial charge on any atom is -0.437 e. The van der Waals surface area contributed by atoms with Crippen LogP contribution in [0.25, 0.3) is 51.1 Å². The van der Waals surface area contributed by atoms with Gasteiger partial charge in [-0.3, -0.25) is 4.79 Å². The van der Waals surface area contributed by atoms with Crippen molar-refractivity contribution >= 4 is 62.9 Å². The monoisotopic (exact) mass is 1010 g/mol. The largest absolute Gasteiger partial charge is 0.437 e. The molecule has 0 saturated carbocycles. The second-order valence-electron chi connectivity index (χ2n) is 15.5. The average molecular weight is 1010 g/mol. The van der Waals surface area contributed by atoms with Gasteiger partial charge in [0, 0.05) is 55.3 Å². The van der Waals surface area contributed by atoms with E-state index < -0.39 is 17.8 Å². The molecule has 364 valence electrons. The molecule has 23 heteroatoms. The summed E-state index contributed by atoms with van der Waals surface area (Å²) in [5, 5.41) is 22.4. The van der Waals surface area contributed by atoms with Crippen LogP contribution in [-0.4, -0.2) is 74.6 Å². The first-order chi connectivity index (χ1) is 36.1. The van der Waals surface area contributed by atoms with Gasteiger partial charge in [0.2, 0.25) is 47.1 Å². The maximum Gasteiger partial charge on any atom is 0.247 e. The number of nitrogens with zero attached hydrogens (tertiary/aromatic N) is 14. The first-order valence-electron chi connectivity index (χ1n) is 22.1. The highest BCUT2D eigenvalue weighted by Crippen LogP contribution is 2.28. The molecule has 0 spiro atoms. The average Bonchev–Trinajstić information content (AvgIpc) is 4.20. The van der Waals surface area contributed by atoms with Crippen molar-refractivity contribution in [1.29, 1.82) is 0 Å². The highest BCUT2D eigenvalue weighted by atomic mass is 35.5. The number of hydrogen-bond donors (Lipinski definition) is 3. The molecule has 11 heterocycles. The van der Waals surface area contributed by atoms with Crippen LogP contribution < -0.4 is 20.7 Å². The third-order valence-electron chi connectivity index (χ3n) is 10.2. The van der Waals surface area contributed by atoms with Crippen LogP contribution in [0.5, 0.6) is 11.6 Å². The number of pyridine rings is 5. The van der Waals surface area contributed by atoms with Gasteiger partial charge in [0.25, 0.3) is 0 Å². The lowest BCUT2D eigenvalue weighted by Gasteiger charge is -2.10. The standard InChI is InChI=1S/C18H14FN7O.C17H11FN4O.C16H10ClFN6/c1-11(27)21-16-10-12(7-8-20-16)22-18-14-5-3-9-26(14)25-17(24-18)13-4-2-6-15(19)23-13;18-15-10-4-8-13(19-15)16-20-17(14-9-5-11-22(14)21-16)23-12-6-2-1-3-7-12;17-13-9-10(6-7-19-13)20-16-12-4-2-8-24(12)23-15(22-16)11-3-1-5-14(18)21-11/h2-10H,1H3,(H2,20,21,22,24,25,27);1-11H;1-9H,(H,19,20,22,23). The highest BCUT2D eigenvalue weighted by Gasteiger charge is 2.16. The summed E-state index contributed by atoms with van der Waals surface area (Å²) in [7, 11) is 0. The predicted molar refractivity (Wildman–Crippen MR) is 269 cm³/mol. The Morgan fingerprint density at radius 1 is 0.514 bits per heavy atom. The van der Waals surface area contributed by atoms with E-state index >= 15 is 0 Å². The van der Waals surface area contributed by atoms with Crippen molar-refractivity contribution in [2.24, 2.45) is 0 Å². The van der Waals surface area contributed by atoms with Gasteiger partial charge >= 0.3 is 0 Å². The van der Waals surface area contributed by atoms with Gasteiger partial charge in [-0.15, -0.1) is 15.3 Å². The van der Waals surface area contributed by atoms with Crippen LogP contribution in [0.15, 0.2) is 177 Å². The molecule has 0 aliphatic carbocycles. The van der Waals surface area contributed by atoms with Gasteiger partial charge in [0.05, 0.1) is 0 Å². The topological polar surface area (TPSA) is 217 Å². The van der Waals surface area contributed by atoms with Crippen molar-refractivity contribution in [2.75, 3.05) is 16.0 Å². The molecule has 0 atom stereocenters. The third-order valence-corrected chi connectivity index (χ3v) is 10.5. The molecule has 0 aliphatic heterocycles. The number of fused-ring (bicyclic) bond motifs is 3. The normalized spacial score (nSPS) is 10.8. The van der Waals surface area contributed by atoms with Crippen LogP contribution in [0, 0.1) is 17.8 Å². The van der Waals surface area contributed by atoms with E-state index in [1.165, 1.54) is 25.1 Å². The fraction of sp³-hybridized carbons (Fsp3) is 0.0196. The number of ether oxygens (including phenoxy) is 1. The molecular formula is C51H35ClF3N17O2. The molecule has 74 heavy (non-hydrogen) atoms. The molecule has 0 unspecified atom stereocenters. The van der Waals surface area contributed by atoms with E-state index in [2.05, 4.69) is 71.1 Å². The minimum atomic E-state index is -0.604. The zero-order chi connectivity index (χ0) is 51.0. The quantitative estimate of drug-likeness (QED) is 0.109. The summed E-state index contributed by atoms with van der Waals surface area (Å²) in [6, 6.07) is 40.7. The second-order valence-corrected chi connectivity index (χ2v) is 15.9. The summed E-state index contributed by atoms with van der Waals surface area (Å²) >= 11 is 5.91. The molecule has 0 bridgehead atoms. The Morgan fingerprint density at radius 3 is 1.49 bits per heavy atom. The van der Waals surface area contributed by atoms with Gasteiger partial charge in [-0.1, -0.05) is 48.0 Å². The number of benzene rings is 1. The summed E-state index contributed by atoms with van der Waals surface area (Å²) in [5.41, 5.74) is 4.64. The zero-order valence-electron chi connectivity index (χ0n) is 38.3. The molecular weight excluding hydrogens is 975 g/mol. The molecule has 12 aromatic rings. The number of rotatable bonds is 10. The van der Waals surface area contributed by atoms with Crippen LogP contribution in [0.4, 0.5) is 42.0 Å². The number of para-hydroxylation sites is 1. The number of halogens is 4. The van der Waals surface area contributed by atoms with Crippen molar-refractivity contribution in [3.63, 3.8) is 0 Å². The lowest BCUT2D eigenvalue weighted by molar-refractivity contribution is -0.114. The predicted octanol–water partition coefficient (Wildman–Crippen LogP) is 10.5. The van der Waals surface area contributed by atoms with Crippen molar-refractivity contribution in [1.82, 2.24) is 68.7 Å². The lowest BCUT2D eigenvalue weighted by atomic mass is 10.3. The van der Waals surface area contributed by atoms with Crippen molar-refractivity contribution < 1.29 is 22.7 Å². The van der Waals surface area contributed by atoms with Gasteiger partial charge in [0.1, 0.15) is 50.4 Å². The van der Waals surface area contributed by atoms with E-state index in [4.69, 9.17) is 16.3 Å². The molecule has 19 nitrogen and oxygen atoms in total.